The first kappa shape index (κ1) is 16.2. The van der Waals surface area contributed by atoms with Crippen molar-refractivity contribution in [3.63, 3.8) is 0 Å². The lowest BCUT2D eigenvalue weighted by Crippen LogP contribution is -2.23. The summed E-state index contributed by atoms with van der Waals surface area (Å²) in [4.78, 5) is 16.1. The Balaban J connectivity index is 1.80. The van der Waals surface area contributed by atoms with E-state index in [0.717, 1.165) is 11.1 Å². The van der Waals surface area contributed by atoms with Crippen molar-refractivity contribution in [3.05, 3.63) is 47.1 Å². The molecule has 0 spiro atoms. The van der Waals surface area contributed by atoms with Crippen molar-refractivity contribution < 1.29 is 14.4 Å². The average Bonchev–Trinajstić information content (AvgIpc) is 3.00. The molecule has 0 unspecified atom stereocenters. The van der Waals surface area contributed by atoms with Gasteiger partial charge in [0.2, 0.25) is 11.8 Å². The van der Waals surface area contributed by atoms with Gasteiger partial charge in [0.05, 0.1) is 6.61 Å². The standard InChI is InChI=1S/C16H21N3O3/c1-11(2)16-18-15(22-19-16)8-7-14(21)17-9-12-5-3-4-6-13(12)10-20/h3-6,11,20H,7-10H2,1-2H3,(H,17,21). The van der Waals surface area contributed by atoms with Crippen LogP contribution in [-0.4, -0.2) is 21.2 Å². The smallest absolute Gasteiger partial charge is 0.227 e. The maximum atomic E-state index is 11.9. The maximum absolute atomic E-state index is 11.9. The molecule has 1 amide bonds. The molecule has 0 aliphatic carbocycles. The highest BCUT2D eigenvalue weighted by molar-refractivity contribution is 5.76. The Kier molecular flexibility index (Phi) is 5.66. The molecule has 118 valence electrons. The van der Waals surface area contributed by atoms with Gasteiger partial charge in [-0.1, -0.05) is 43.3 Å². The number of aryl methyl sites for hydroxylation is 1. The molecule has 6 heteroatoms. The highest BCUT2D eigenvalue weighted by Crippen LogP contribution is 2.11. The monoisotopic (exact) mass is 303 g/mol. The van der Waals surface area contributed by atoms with Crippen molar-refractivity contribution in [2.45, 2.75) is 45.8 Å². The van der Waals surface area contributed by atoms with Crippen molar-refractivity contribution in [2.24, 2.45) is 0 Å². The summed E-state index contributed by atoms with van der Waals surface area (Å²) < 4.78 is 5.10. The molecular weight excluding hydrogens is 282 g/mol. The normalized spacial score (nSPS) is 10.9. The number of aliphatic hydroxyl groups excluding tert-OH is 1. The molecule has 1 heterocycles. The maximum Gasteiger partial charge on any atom is 0.227 e. The Hall–Kier alpha value is -2.21. The molecule has 0 aliphatic rings. The molecule has 0 aliphatic heterocycles. The van der Waals surface area contributed by atoms with Gasteiger partial charge in [-0.05, 0) is 11.1 Å². The van der Waals surface area contributed by atoms with Crippen LogP contribution in [0.3, 0.4) is 0 Å². The number of aromatic nitrogens is 2. The fraction of sp³-hybridized carbons (Fsp3) is 0.438. The topological polar surface area (TPSA) is 88.2 Å². The van der Waals surface area contributed by atoms with Gasteiger partial charge < -0.3 is 14.9 Å². The molecule has 1 aromatic heterocycles. The van der Waals surface area contributed by atoms with Gasteiger partial charge in [0.25, 0.3) is 0 Å². The van der Waals surface area contributed by atoms with Crippen molar-refractivity contribution in [1.82, 2.24) is 15.5 Å². The second kappa shape index (κ2) is 7.70. The number of amides is 1. The Morgan fingerprint density at radius 1 is 1.32 bits per heavy atom. The van der Waals surface area contributed by atoms with Crippen LogP contribution in [0, 0.1) is 0 Å². The van der Waals surface area contributed by atoms with E-state index in [0.29, 0.717) is 31.1 Å². The number of benzene rings is 1. The van der Waals surface area contributed by atoms with Crippen LogP contribution < -0.4 is 5.32 Å². The van der Waals surface area contributed by atoms with E-state index in [1.54, 1.807) is 0 Å². The minimum absolute atomic E-state index is 0.0357. The lowest BCUT2D eigenvalue weighted by Gasteiger charge is -2.08. The Morgan fingerprint density at radius 3 is 2.68 bits per heavy atom. The van der Waals surface area contributed by atoms with Crippen molar-refractivity contribution in [3.8, 4) is 0 Å². The summed E-state index contributed by atoms with van der Waals surface area (Å²) in [6.45, 7) is 4.34. The fourth-order valence-electron chi connectivity index (χ4n) is 1.99. The SMILES string of the molecule is CC(C)c1noc(CCC(=O)NCc2ccccc2CO)n1. The molecule has 0 saturated heterocycles. The summed E-state index contributed by atoms with van der Waals surface area (Å²) in [6, 6.07) is 7.47. The van der Waals surface area contributed by atoms with Crippen molar-refractivity contribution >= 4 is 5.91 Å². The fourth-order valence-corrected chi connectivity index (χ4v) is 1.99. The number of hydrogen-bond acceptors (Lipinski definition) is 5. The van der Waals surface area contributed by atoms with Crippen LogP contribution in [0.2, 0.25) is 0 Å². The Morgan fingerprint density at radius 2 is 2.05 bits per heavy atom. The quantitative estimate of drug-likeness (QED) is 0.816. The zero-order chi connectivity index (χ0) is 15.9. The molecule has 2 rings (SSSR count). The summed E-state index contributed by atoms with van der Waals surface area (Å²) in [7, 11) is 0. The minimum atomic E-state index is -0.0861. The molecule has 0 radical (unpaired) electrons. The van der Waals surface area contributed by atoms with E-state index in [9.17, 15) is 9.90 Å². The second-order valence-corrected chi connectivity index (χ2v) is 5.40. The highest BCUT2D eigenvalue weighted by Gasteiger charge is 2.11. The van der Waals surface area contributed by atoms with E-state index in [2.05, 4.69) is 15.5 Å². The van der Waals surface area contributed by atoms with E-state index in [1.165, 1.54) is 0 Å². The molecule has 2 aromatic rings. The van der Waals surface area contributed by atoms with Gasteiger partial charge in [-0.25, -0.2) is 0 Å². The third kappa shape index (κ3) is 4.39. The van der Waals surface area contributed by atoms with Gasteiger partial charge in [-0.2, -0.15) is 4.98 Å². The van der Waals surface area contributed by atoms with E-state index < -0.39 is 0 Å². The molecular formula is C16H21N3O3. The minimum Gasteiger partial charge on any atom is -0.392 e. The van der Waals surface area contributed by atoms with E-state index >= 15 is 0 Å². The van der Waals surface area contributed by atoms with Crippen LogP contribution in [0.15, 0.2) is 28.8 Å². The number of nitrogens with one attached hydrogen (secondary N) is 1. The number of rotatable bonds is 7. The molecule has 22 heavy (non-hydrogen) atoms. The molecule has 1 aromatic carbocycles. The van der Waals surface area contributed by atoms with Gasteiger partial charge in [-0.3, -0.25) is 4.79 Å². The van der Waals surface area contributed by atoms with Crippen LogP contribution in [0.25, 0.3) is 0 Å². The van der Waals surface area contributed by atoms with Crippen LogP contribution in [0.5, 0.6) is 0 Å². The molecule has 0 saturated carbocycles. The van der Waals surface area contributed by atoms with E-state index in [4.69, 9.17) is 4.52 Å². The number of carbonyl (C=O) groups is 1. The van der Waals surface area contributed by atoms with Gasteiger partial charge in [0, 0.05) is 25.3 Å². The number of carbonyl (C=O) groups excluding carboxylic acids is 1. The van der Waals surface area contributed by atoms with Gasteiger partial charge >= 0.3 is 0 Å². The largest absolute Gasteiger partial charge is 0.392 e. The third-order valence-corrected chi connectivity index (χ3v) is 3.33. The van der Waals surface area contributed by atoms with E-state index in [-0.39, 0.29) is 18.4 Å². The van der Waals surface area contributed by atoms with Gasteiger partial charge in [0.15, 0.2) is 5.82 Å². The van der Waals surface area contributed by atoms with Gasteiger partial charge in [0.1, 0.15) is 0 Å². The summed E-state index contributed by atoms with van der Waals surface area (Å²) in [5.74, 6) is 1.26. The Labute approximate surface area is 129 Å². The lowest BCUT2D eigenvalue weighted by molar-refractivity contribution is -0.121. The molecule has 0 bridgehead atoms. The second-order valence-electron chi connectivity index (χ2n) is 5.40. The zero-order valence-corrected chi connectivity index (χ0v) is 12.9. The first-order chi connectivity index (χ1) is 10.6. The number of aliphatic hydroxyl groups is 1. The predicted octanol–water partition coefficient (Wildman–Crippen LogP) is 1.93. The van der Waals surface area contributed by atoms with Crippen molar-refractivity contribution in [1.29, 1.82) is 0 Å². The molecule has 0 fully saturated rings. The highest BCUT2D eigenvalue weighted by atomic mass is 16.5. The lowest BCUT2D eigenvalue weighted by atomic mass is 10.1. The summed E-state index contributed by atoms with van der Waals surface area (Å²) in [5, 5.41) is 15.9. The van der Waals surface area contributed by atoms with Crippen LogP contribution in [0.4, 0.5) is 0 Å². The van der Waals surface area contributed by atoms with Crippen molar-refractivity contribution in [2.75, 3.05) is 0 Å². The van der Waals surface area contributed by atoms with E-state index in [1.807, 2.05) is 38.1 Å². The average molecular weight is 303 g/mol. The Bertz CT molecular complexity index is 623. The van der Waals surface area contributed by atoms with Crippen LogP contribution in [0.1, 0.15) is 49.0 Å². The summed E-state index contributed by atoms with van der Waals surface area (Å²) in [5.41, 5.74) is 1.74. The molecule has 6 nitrogen and oxygen atoms in total. The van der Waals surface area contributed by atoms with Gasteiger partial charge in [-0.15, -0.1) is 0 Å². The van der Waals surface area contributed by atoms with Crippen LogP contribution in [-0.2, 0) is 24.4 Å². The van der Waals surface area contributed by atoms with Crippen LogP contribution >= 0.6 is 0 Å². The number of nitrogens with zero attached hydrogens (tertiary/aromatic N) is 2. The third-order valence-electron chi connectivity index (χ3n) is 3.33. The first-order valence-corrected chi connectivity index (χ1v) is 7.37. The first-order valence-electron chi connectivity index (χ1n) is 7.37. The predicted molar refractivity (Wildman–Crippen MR) is 80.9 cm³/mol. The summed E-state index contributed by atoms with van der Waals surface area (Å²) in [6.07, 6.45) is 0.716. The number of hydrogen-bond donors (Lipinski definition) is 2. The molecule has 0 atom stereocenters. The zero-order valence-electron chi connectivity index (χ0n) is 12.9. The molecule has 2 N–H and O–H groups in total. The summed E-state index contributed by atoms with van der Waals surface area (Å²) >= 11 is 0.